The molecule has 1 rings (SSSR count). The van der Waals surface area contributed by atoms with Crippen LogP contribution in [0.2, 0.25) is 0 Å². The zero-order valence-electron chi connectivity index (χ0n) is 5.08. The fourth-order valence-corrected chi connectivity index (χ4v) is 0.683. The van der Waals surface area contributed by atoms with Crippen molar-refractivity contribution in [2.24, 2.45) is 0 Å². The Morgan fingerprint density at radius 2 is 1.89 bits per heavy atom. The van der Waals surface area contributed by atoms with Crippen LogP contribution in [-0.4, -0.2) is 37.6 Å². The van der Waals surface area contributed by atoms with Gasteiger partial charge in [0.15, 0.2) is 0 Å². The summed E-state index contributed by atoms with van der Waals surface area (Å²) in [5.41, 5.74) is 0. The van der Waals surface area contributed by atoms with E-state index < -0.39 is 0 Å². The number of amides is 1. The molecule has 1 aliphatic rings. The fourth-order valence-electron chi connectivity index (χ4n) is 0.683. The van der Waals surface area contributed by atoms with E-state index in [-0.39, 0.29) is 12.4 Å². The van der Waals surface area contributed by atoms with E-state index in [4.69, 9.17) is 4.74 Å². The Morgan fingerprint density at radius 3 is 2.22 bits per heavy atom. The van der Waals surface area contributed by atoms with Crippen LogP contribution in [-0.2, 0) is 9.53 Å². The number of hydrogen-bond donors (Lipinski definition) is 0. The van der Waals surface area contributed by atoms with Crippen molar-refractivity contribution in [3.05, 3.63) is 0 Å². The molecule has 0 bridgehead atoms. The Labute approximate surface area is 60.4 Å². The van der Waals surface area contributed by atoms with Gasteiger partial charge in [0.1, 0.15) is 0 Å². The summed E-state index contributed by atoms with van der Waals surface area (Å²) in [4.78, 5) is 11.7. The van der Waals surface area contributed by atoms with E-state index in [2.05, 4.69) is 0 Å². The highest BCUT2D eigenvalue weighted by molar-refractivity contribution is 5.85. The second kappa shape index (κ2) is 4.58. The first-order valence-electron chi connectivity index (χ1n) is 2.70. The number of nitrogens with zero attached hydrogens (tertiary/aromatic N) is 1. The number of morpholine rings is 1. The van der Waals surface area contributed by atoms with Gasteiger partial charge < -0.3 is 9.64 Å². The third-order valence-corrected chi connectivity index (χ3v) is 1.19. The van der Waals surface area contributed by atoms with Crippen molar-refractivity contribution in [3.63, 3.8) is 0 Å². The average molecular weight is 152 g/mol. The summed E-state index contributed by atoms with van der Waals surface area (Å²) >= 11 is 0. The van der Waals surface area contributed by atoms with Crippen LogP contribution in [0.3, 0.4) is 0 Å². The van der Waals surface area contributed by atoms with Crippen molar-refractivity contribution < 1.29 is 9.53 Å². The molecule has 0 aromatic carbocycles. The van der Waals surface area contributed by atoms with E-state index >= 15 is 0 Å². The lowest BCUT2D eigenvalue weighted by molar-refractivity contribution is -0.121. The zero-order valence-corrected chi connectivity index (χ0v) is 5.89. The molecule has 0 spiro atoms. The van der Waals surface area contributed by atoms with Gasteiger partial charge in [0.05, 0.1) is 13.2 Å². The van der Waals surface area contributed by atoms with Crippen molar-refractivity contribution in [2.75, 3.05) is 26.3 Å². The third kappa shape index (κ3) is 2.67. The molecule has 1 amide bonds. The number of carbonyl (C=O) groups is 1. The minimum Gasteiger partial charge on any atom is -0.378 e. The summed E-state index contributed by atoms with van der Waals surface area (Å²) in [6.45, 7) is 2.89. The number of hydrogen-bond acceptors (Lipinski definition) is 2. The second-order valence-corrected chi connectivity index (χ2v) is 1.75. The largest absolute Gasteiger partial charge is 0.378 e. The standard InChI is InChI=1S/C5H9NO2.ClH/c7-5-6-1-3-8-4-2-6;/h5H,1-4H2;1H. The normalized spacial score (nSPS) is 18.4. The number of rotatable bonds is 1. The van der Waals surface area contributed by atoms with Gasteiger partial charge in [-0.25, -0.2) is 0 Å². The second-order valence-electron chi connectivity index (χ2n) is 1.75. The molecule has 0 N–H and O–H groups in total. The van der Waals surface area contributed by atoms with Gasteiger partial charge in [-0.2, -0.15) is 0 Å². The Bertz CT molecular complexity index is 83.0. The molecule has 1 aliphatic heterocycles. The molecule has 0 unspecified atom stereocenters. The molecule has 1 heterocycles. The quantitative estimate of drug-likeness (QED) is 0.490. The monoisotopic (exact) mass is 151 g/mol. The summed E-state index contributed by atoms with van der Waals surface area (Å²) in [6.07, 6.45) is 0.864. The molecule has 1 fully saturated rings. The smallest absolute Gasteiger partial charge is 0.209 e. The fraction of sp³-hybridized carbons (Fsp3) is 0.800. The van der Waals surface area contributed by atoms with Crippen LogP contribution in [0, 0.1) is 0 Å². The molecule has 0 aromatic rings. The van der Waals surface area contributed by atoms with Gasteiger partial charge in [0, 0.05) is 13.1 Å². The molecule has 9 heavy (non-hydrogen) atoms. The molecule has 3 nitrogen and oxygen atoms in total. The van der Waals surface area contributed by atoms with Gasteiger partial charge in [-0.15, -0.1) is 12.4 Å². The number of halogens is 1. The van der Waals surface area contributed by atoms with Crippen LogP contribution in [0.5, 0.6) is 0 Å². The van der Waals surface area contributed by atoms with Crippen molar-refractivity contribution >= 4 is 18.8 Å². The highest BCUT2D eigenvalue weighted by atomic mass is 35.5. The molecule has 4 heteroatoms. The predicted octanol–water partition coefficient (Wildman–Crippen LogP) is -0.103. The molecule has 0 radical (unpaired) electrons. The van der Waals surface area contributed by atoms with E-state index in [1.165, 1.54) is 0 Å². The van der Waals surface area contributed by atoms with Crippen LogP contribution < -0.4 is 0 Å². The van der Waals surface area contributed by atoms with E-state index in [0.29, 0.717) is 13.2 Å². The van der Waals surface area contributed by atoms with Crippen LogP contribution >= 0.6 is 12.4 Å². The summed E-state index contributed by atoms with van der Waals surface area (Å²) in [6, 6.07) is 0. The van der Waals surface area contributed by atoms with E-state index in [9.17, 15) is 4.79 Å². The summed E-state index contributed by atoms with van der Waals surface area (Å²) in [7, 11) is 0. The van der Waals surface area contributed by atoms with Gasteiger partial charge in [0.2, 0.25) is 6.41 Å². The molecule has 0 aliphatic carbocycles. The molecule has 1 saturated heterocycles. The molecular formula is C5H10ClNO2. The minimum absolute atomic E-state index is 0. The predicted molar refractivity (Wildman–Crippen MR) is 35.7 cm³/mol. The molecular weight excluding hydrogens is 142 g/mol. The van der Waals surface area contributed by atoms with Crippen molar-refractivity contribution in [2.45, 2.75) is 0 Å². The lowest BCUT2D eigenvalue weighted by atomic mass is 10.5. The van der Waals surface area contributed by atoms with Crippen molar-refractivity contribution in [3.8, 4) is 0 Å². The first kappa shape index (κ1) is 8.72. The molecule has 0 saturated carbocycles. The lowest BCUT2D eigenvalue weighted by Crippen LogP contribution is -2.34. The average Bonchev–Trinajstić information content (AvgIpc) is 1.90. The van der Waals surface area contributed by atoms with E-state index in [1.54, 1.807) is 4.90 Å². The molecule has 0 atom stereocenters. The summed E-state index contributed by atoms with van der Waals surface area (Å²) in [5.74, 6) is 0. The van der Waals surface area contributed by atoms with Gasteiger partial charge >= 0.3 is 0 Å². The van der Waals surface area contributed by atoms with Gasteiger partial charge in [-0.1, -0.05) is 0 Å². The Hall–Kier alpha value is -0.280. The maximum absolute atomic E-state index is 10.0. The minimum atomic E-state index is 0. The van der Waals surface area contributed by atoms with Crippen LogP contribution in [0.4, 0.5) is 0 Å². The van der Waals surface area contributed by atoms with E-state index in [1.807, 2.05) is 0 Å². The summed E-state index contributed by atoms with van der Waals surface area (Å²) < 4.78 is 5.00. The molecule has 0 aromatic heterocycles. The molecule has 54 valence electrons. The van der Waals surface area contributed by atoms with Gasteiger partial charge in [-0.05, 0) is 0 Å². The Morgan fingerprint density at radius 1 is 1.33 bits per heavy atom. The van der Waals surface area contributed by atoms with Gasteiger partial charge in [0.25, 0.3) is 0 Å². The van der Waals surface area contributed by atoms with Crippen LogP contribution in [0.25, 0.3) is 0 Å². The highest BCUT2D eigenvalue weighted by Crippen LogP contribution is 1.90. The zero-order chi connectivity index (χ0) is 5.82. The van der Waals surface area contributed by atoms with Crippen LogP contribution in [0.1, 0.15) is 0 Å². The topological polar surface area (TPSA) is 29.5 Å². The van der Waals surface area contributed by atoms with Crippen LogP contribution in [0.15, 0.2) is 0 Å². The SMILES string of the molecule is Cl.O=CN1CCOCC1. The maximum atomic E-state index is 10.0. The number of ether oxygens (including phenoxy) is 1. The van der Waals surface area contributed by atoms with Crippen molar-refractivity contribution in [1.29, 1.82) is 0 Å². The van der Waals surface area contributed by atoms with Crippen molar-refractivity contribution in [1.82, 2.24) is 4.90 Å². The lowest BCUT2D eigenvalue weighted by Gasteiger charge is -2.21. The number of carbonyl (C=O) groups excluding carboxylic acids is 1. The van der Waals surface area contributed by atoms with Gasteiger partial charge in [-0.3, -0.25) is 4.79 Å². The summed E-state index contributed by atoms with van der Waals surface area (Å²) in [5, 5.41) is 0. The first-order chi connectivity index (χ1) is 3.93. The first-order valence-corrected chi connectivity index (χ1v) is 2.70. The third-order valence-electron chi connectivity index (χ3n) is 1.19. The van der Waals surface area contributed by atoms with E-state index in [0.717, 1.165) is 19.5 Å². The highest BCUT2D eigenvalue weighted by Gasteiger charge is 2.05. The Balaban J connectivity index is 0.000000640. The Kier molecular flexibility index (Phi) is 4.44. The maximum Gasteiger partial charge on any atom is 0.209 e.